The van der Waals surface area contributed by atoms with E-state index in [1.54, 1.807) is 18.3 Å². The summed E-state index contributed by atoms with van der Waals surface area (Å²) in [7, 11) is 0. The summed E-state index contributed by atoms with van der Waals surface area (Å²) in [5, 5.41) is 0. The second-order valence-electron chi connectivity index (χ2n) is 6.78. The maximum Gasteiger partial charge on any atom is 0.272 e. The number of hydrogen-bond donors (Lipinski definition) is 0. The molecular weight excluding hydrogens is 314 g/mol. The van der Waals surface area contributed by atoms with Crippen LogP contribution >= 0.6 is 0 Å². The van der Waals surface area contributed by atoms with Crippen LogP contribution in [0.3, 0.4) is 0 Å². The first kappa shape index (κ1) is 19.4. The van der Waals surface area contributed by atoms with Gasteiger partial charge in [0.25, 0.3) is 11.8 Å². The van der Waals surface area contributed by atoms with Gasteiger partial charge in [0.2, 0.25) is 0 Å². The van der Waals surface area contributed by atoms with Crippen LogP contribution < -0.4 is 0 Å². The smallest absolute Gasteiger partial charge is 0.272 e. The van der Waals surface area contributed by atoms with Gasteiger partial charge in [-0.2, -0.15) is 0 Å². The minimum atomic E-state index is -0.0428. The Morgan fingerprint density at radius 2 is 1.92 bits per heavy atom. The fourth-order valence-corrected chi connectivity index (χ4v) is 3.56. The zero-order valence-electron chi connectivity index (χ0n) is 15.8. The maximum absolute atomic E-state index is 12.9. The highest BCUT2D eigenvalue weighted by molar-refractivity contribution is 5.98. The molecule has 0 bridgehead atoms. The number of piperidine rings is 1. The van der Waals surface area contributed by atoms with Crippen molar-refractivity contribution in [3.63, 3.8) is 0 Å². The second-order valence-corrected chi connectivity index (χ2v) is 6.78. The molecule has 0 saturated carbocycles. The van der Waals surface area contributed by atoms with Crippen molar-refractivity contribution < 1.29 is 9.59 Å². The lowest BCUT2D eigenvalue weighted by molar-refractivity contribution is 0.0602. The number of rotatable bonds is 7. The first-order valence-electron chi connectivity index (χ1n) is 9.68. The van der Waals surface area contributed by atoms with E-state index in [1.165, 1.54) is 6.42 Å². The predicted octanol–water partition coefficient (Wildman–Crippen LogP) is 3.75. The molecule has 1 atom stereocenters. The molecule has 1 unspecified atom stereocenters. The highest BCUT2D eigenvalue weighted by Gasteiger charge is 2.27. The van der Waals surface area contributed by atoms with E-state index < -0.39 is 0 Å². The van der Waals surface area contributed by atoms with Crippen molar-refractivity contribution in [3.05, 3.63) is 29.6 Å². The molecule has 0 aliphatic carbocycles. The zero-order valence-corrected chi connectivity index (χ0v) is 15.8. The number of hydrogen-bond acceptors (Lipinski definition) is 3. The van der Waals surface area contributed by atoms with Crippen LogP contribution in [0.2, 0.25) is 0 Å². The fourth-order valence-electron chi connectivity index (χ4n) is 3.56. The van der Waals surface area contributed by atoms with E-state index in [9.17, 15) is 9.59 Å². The lowest BCUT2D eigenvalue weighted by Gasteiger charge is -2.35. The Morgan fingerprint density at radius 1 is 1.20 bits per heavy atom. The van der Waals surface area contributed by atoms with Gasteiger partial charge in [0.05, 0.1) is 0 Å². The van der Waals surface area contributed by atoms with E-state index in [0.717, 1.165) is 51.7 Å². The van der Waals surface area contributed by atoms with Crippen LogP contribution in [0.1, 0.15) is 80.1 Å². The van der Waals surface area contributed by atoms with Gasteiger partial charge in [0.15, 0.2) is 0 Å². The van der Waals surface area contributed by atoms with Crippen LogP contribution in [0.4, 0.5) is 0 Å². The van der Waals surface area contributed by atoms with Crippen molar-refractivity contribution in [2.45, 2.75) is 65.3 Å². The van der Waals surface area contributed by atoms with Gasteiger partial charge in [0.1, 0.15) is 5.69 Å². The monoisotopic (exact) mass is 345 g/mol. The summed E-state index contributed by atoms with van der Waals surface area (Å²) >= 11 is 0. The number of carbonyl (C=O) groups is 2. The standard InChI is InChI=1S/C20H31N3O2/c1-4-12-22(13-5-2)19(24)16-10-11-21-18(15-16)20(25)23-14-8-7-9-17(23)6-3/h10-11,15,17H,4-9,12-14H2,1-3H3. The average Bonchev–Trinajstić information content (AvgIpc) is 2.66. The summed E-state index contributed by atoms with van der Waals surface area (Å²) in [5.41, 5.74) is 0.949. The molecule has 1 saturated heterocycles. The van der Waals surface area contributed by atoms with Gasteiger partial charge in [-0.1, -0.05) is 20.8 Å². The molecule has 1 aromatic heterocycles. The average molecular weight is 345 g/mol. The third kappa shape index (κ3) is 4.80. The molecule has 0 radical (unpaired) electrons. The SMILES string of the molecule is CCCN(CCC)C(=O)c1ccnc(C(=O)N2CCCCC2CC)c1. The van der Waals surface area contributed by atoms with E-state index >= 15 is 0 Å². The van der Waals surface area contributed by atoms with Gasteiger partial charge in [-0.3, -0.25) is 14.6 Å². The summed E-state index contributed by atoms with van der Waals surface area (Å²) in [5.74, 6) is -0.0513. The number of carbonyl (C=O) groups excluding carboxylic acids is 2. The molecule has 5 heteroatoms. The molecule has 1 aliphatic heterocycles. The molecule has 2 amide bonds. The lowest BCUT2D eigenvalue weighted by atomic mass is 9.99. The Bertz CT molecular complexity index is 582. The fraction of sp³-hybridized carbons (Fsp3) is 0.650. The normalized spacial score (nSPS) is 17.4. The van der Waals surface area contributed by atoms with E-state index in [0.29, 0.717) is 17.3 Å². The molecule has 1 fully saturated rings. The third-order valence-electron chi connectivity index (χ3n) is 4.86. The van der Waals surface area contributed by atoms with Crippen molar-refractivity contribution in [2.24, 2.45) is 0 Å². The number of amides is 2. The van der Waals surface area contributed by atoms with Gasteiger partial charge in [-0.15, -0.1) is 0 Å². The summed E-state index contributed by atoms with van der Waals surface area (Å²) < 4.78 is 0. The molecule has 1 aliphatic rings. The molecule has 2 heterocycles. The van der Waals surface area contributed by atoms with E-state index in [4.69, 9.17) is 0 Å². The Balaban J connectivity index is 2.19. The molecule has 0 N–H and O–H groups in total. The highest BCUT2D eigenvalue weighted by Crippen LogP contribution is 2.21. The lowest BCUT2D eigenvalue weighted by Crippen LogP contribution is -2.43. The zero-order chi connectivity index (χ0) is 18.2. The Kier molecular flexibility index (Phi) is 7.41. The summed E-state index contributed by atoms with van der Waals surface area (Å²) in [6.07, 6.45) is 7.68. The molecule has 1 aromatic rings. The summed E-state index contributed by atoms with van der Waals surface area (Å²) in [6, 6.07) is 3.68. The molecule has 25 heavy (non-hydrogen) atoms. The maximum atomic E-state index is 12.9. The minimum absolute atomic E-state index is 0.00849. The predicted molar refractivity (Wildman–Crippen MR) is 99.7 cm³/mol. The summed E-state index contributed by atoms with van der Waals surface area (Å²) in [6.45, 7) is 8.52. The topological polar surface area (TPSA) is 53.5 Å². The van der Waals surface area contributed by atoms with Crippen molar-refractivity contribution in [2.75, 3.05) is 19.6 Å². The first-order chi connectivity index (χ1) is 12.1. The van der Waals surface area contributed by atoms with Crippen LogP contribution in [0.15, 0.2) is 18.3 Å². The molecule has 0 aromatic carbocycles. The summed E-state index contributed by atoms with van der Waals surface area (Å²) in [4.78, 5) is 33.7. The van der Waals surface area contributed by atoms with E-state index in [2.05, 4.69) is 25.8 Å². The van der Waals surface area contributed by atoms with Crippen LogP contribution in [0.25, 0.3) is 0 Å². The van der Waals surface area contributed by atoms with Crippen molar-refractivity contribution >= 4 is 11.8 Å². The van der Waals surface area contributed by atoms with Gasteiger partial charge >= 0.3 is 0 Å². The van der Waals surface area contributed by atoms with Crippen LogP contribution in [0, 0.1) is 0 Å². The van der Waals surface area contributed by atoms with Crippen molar-refractivity contribution in [3.8, 4) is 0 Å². The molecule has 5 nitrogen and oxygen atoms in total. The number of aromatic nitrogens is 1. The number of nitrogens with zero attached hydrogens (tertiary/aromatic N) is 3. The van der Waals surface area contributed by atoms with Crippen molar-refractivity contribution in [1.82, 2.24) is 14.8 Å². The van der Waals surface area contributed by atoms with Gasteiger partial charge < -0.3 is 9.80 Å². The molecule has 138 valence electrons. The van der Waals surface area contributed by atoms with Gasteiger partial charge in [-0.05, 0) is 50.7 Å². The highest BCUT2D eigenvalue weighted by atomic mass is 16.2. The largest absolute Gasteiger partial charge is 0.339 e. The first-order valence-corrected chi connectivity index (χ1v) is 9.68. The van der Waals surface area contributed by atoms with E-state index in [1.807, 2.05) is 9.80 Å². The second kappa shape index (κ2) is 9.54. The van der Waals surface area contributed by atoms with Gasteiger partial charge in [0, 0.05) is 37.4 Å². The van der Waals surface area contributed by atoms with Gasteiger partial charge in [-0.25, -0.2) is 0 Å². The van der Waals surface area contributed by atoms with E-state index in [-0.39, 0.29) is 11.8 Å². The Labute approximate surface area is 151 Å². The molecular formula is C20H31N3O2. The van der Waals surface area contributed by atoms with Crippen LogP contribution in [-0.4, -0.2) is 52.3 Å². The Hall–Kier alpha value is -1.91. The van der Waals surface area contributed by atoms with Crippen molar-refractivity contribution in [1.29, 1.82) is 0 Å². The Morgan fingerprint density at radius 3 is 2.56 bits per heavy atom. The van der Waals surface area contributed by atoms with Crippen LogP contribution in [-0.2, 0) is 0 Å². The number of likely N-dealkylation sites (tertiary alicyclic amines) is 1. The molecule has 2 rings (SSSR count). The third-order valence-corrected chi connectivity index (χ3v) is 4.86. The minimum Gasteiger partial charge on any atom is -0.339 e. The number of pyridine rings is 1. The molecule has 0 spiro atoms. The van der Waals surface area contributed by atoms with Crippen LogP contribution in [0.5, 0.6) is 0 Å². The quantitative estimate of drug-likeness (QED) is 0.756.